The first-order chi connectivity index (χ1) is 9.77. The zero-order valence-electron chi connectivity index (χ0n) is 12.6. The van der Waals surface area contributed by atoms with Crippen molar-refractivity contribution in [3.05, 3.63) is 54.1 Å². The predicted octanol–water partition coefficient (Wildman–Crippen LogP) is 3.00. The molecule has 0 bridgehead atoms. The van der Waals surface area contributed by atoms with Gasteiger partial charge in [-0.15, -0.1) is 0 Å². The Morgan fingerprint density at radius 3 is 1.76 bits per heavy atom. The third-order valence-electron chi connectivity index (χ3n) is 4.02. The molecule has 2 radical (unpaired) electrons. The van der Waals surface area contributed by atoms with Crippen molar-refractivity contribution in [2.24, 2.45) is 0 Å². The lowest BCUT2D eigenvalue weighted by Crippen LogP contribution is -2.15. The van der Waals surface area contributed by atoms with Gasteiger partial charge in [0.15, 0.2) is 0 Å². The minimum Gasteiger partial charge on any atom is -0.219 e. The van der Waals surface area contributed by atoms with Crippen molar-refractivity contribution < 1.29 is 8.42 Å². The maximum atomic E-state index is 12.5. The molecule has 0 aromatic heterocycles. The minimum absolute atomic E-state index is 0.0451. The quantitative estimate of drug-likeness (QED) is 0.813. The molecule has 2 aromatic carbocycles. The van der Waals surface area contributed by atoms with Gasteiger partial charge < -0.3 is 0 Å². The Morgan fingerprint density at radius 2 is 1.33 bits per heavy atom. The number of benzene rings is 2. The first-order valence-corrected chi connectivity index (χ1v) is 8.47. The topological polar surface area (TPSA) is 34.1 Å². The highest BCUT2D eigenvalue weighted by Gasteiger charge is 2.21. The monoisotopic (exact) mass is 298 g/mol. The molecule has 4 heteroatoms. The summed E-state index contributed by atoms with van der Waals surface area (Å²) in [6.07, 6.45) is 0.997. The summed E-state index contributed by atoms with van der Waals surface area (Å²) in [5.41, 5.74) is 1.74. The summed E-state index contributed by atoms with van der Waals surface area (Å²) in [7, 11) is 2.12. The second-order valence-corrected chi connectivity index (χ2v) is 7.78. The molecule has 2 nitrogen and oxygen atoms in total. The highest BCUT2D eigenvalue weighted by atomic mass is 32.2. The van der Waals surface area contributed by atoms with Crippen molar-refractivity contribution in [3.8, 4) is 0 Å². The van der Waals surface area contributed by atoms with Crippen molar-refractivity contribution in [1.29, 1.82) is 0 Å². The van der Waals surface area contributed by atoms with Gasteiger partial charge in [-0.25, -0.2) is 8.42 Å². The molecule has 0 heterocycles. The molecule has 0 atom stereocenters. The van der Waals surface area contributed by atoms with Crippen LogP contribution in [0, 0.1) is 0 Å². The molecule has 2 aromatic rings. The van der Waals surface area contributed by atoms with E-state index in [9.17, 15) is 8.42 Å². The van der Waals surface area contributed by atoms with Crippen LogP contribution in [0.25, 0.3) is 0 Å². The fourth-order valence-corrected chi connectivity index (χ4v) is 3.33. The molecule has 108 valence electrons. The van der Waals surface area contributed by atoms with Crippen molar-refractivity contribution in [2.75, 3.05) is 0 Å². The van der Waals surface area contributed by atoms with Gasteiger partial charge in [0.2, 0.25) is 9.84 Å². The Balaban J connectivity index is 2.40. The van der Waals surface area contributed by atoms with E-state index in [0.717, 1.165) is 12.0 Å². The first kappa shape index (κ1) is 15.8. The summed E-state index contributed by atoms with van der Waals surface area (Å²) in [6.45, 7) is 6.42. The number of rotatable bonds is 4. The molecular formula is C17H19BO2S. The molecule has 0 spiro atoms. The van der Waals surface area contributed by atoms with E-state index in [1.165, 1.54) is 12.1 Å². The average Bonchev–Trinajstić information content (AvgIpc) is 2.48. The smallest absolute Gasteiger partial charge is 0.206 e. The number of hydrogen-bond donors (Lipinski definition) is 0. The number of hydrogen-bond acceptors (Lipinski definition) is 2. The Kier molecular flexibility index (Phi) is 4.29. The van der Waals surface area contributed by atoms with Gasteiger partial charge in [0.05, 0.1) is 9.79 Å². The highest BCUT2D eigenvalue weighted by Crippen LogP contribution is 2.28. The van der Waals surface area contributed by atoms with Crippen LogP contribution in [0.4, 0.5) is 0 Å². The van der Waals surface area contributed by atoms with E-state index in [1.54, 1.807) is 24.3 Å². The SMILES string of the molecule is [B]c1ccc(S(=O)(=O)c2ccc(C(C)(C)CC)cc2)cc1. The molecule has 0 saturated heterocycles. The van der Waals surface area contributed by atoms with Gasteiger partial charge in [0, 0.05) is 0 Å². The van der Waals surface area contributed by atoms with Crippen LogP contribution in [0.5, 0.6) is 0 Å². The van der Waals surface area contributed by atoms with Crippen LogP contribution in [-0.2, 0) is 15.3 Å². The molecule has 0 unspecified atom stereocenters. The number of sulfone groups is 1. The summed E-state index contributed by atoms with van der Waals surface area (Å²) in [5.74, 6) is 0. The van der Waals surface area contributed by atoms with E-state index in [4.69, 9.17) is 7.85 Å². The summed E-state index contributed by atoms with van der Waals surface area (Å²) in [6, 6.07) is 13.4. The van der Waals surface area contributed by atoms with E-state index >= 15 is 0 Å². The normalized spacial score (nSPS) is 12.3. The van der Waals surface area contributed by atoms with Crippen molar-refractivity contribution in [1.82, 2.24) is 0 Å². The maximum Gasteiger partial charge on any atom is 0.206 e. The fourth-order valence-electron chi connectivity index (χ4n) is 2.07. The summed E-state index contributed by atoms with van der Waals surface area (Å²) in [5, 5.41) is 0. The second-order valence-electron chi connectivity index (χ2n) is 5.83. The third-order valence-corrected chi connectivity index (χ3v) is 5.81. The molecule has 0 amide bonds. The van der Waals surface area contributed by atoms with E-state index in [-0.39, 0.29) is 10.3 Å². The molecular weight excluding hydrogens is 279 g/mol. The fraction of sp³-hybridized carbons (Fsp3) is 0.294. The minimum atomic E-state index is -3.48. The predicted molar refractivity (Wildman–Crippen MR) is 87.0 cm³/mol. The summed E-state index contributed by atoms with van der Waals surface area (Å²) >= 11 is 0. The maximum absolute atomic E-state index is 12.5. The van der Waals surface area contributed by atoms with Crippen LogP contribution < -0.4 is 5.46 Å². The van der Waals surface area contributed by atoms with Crippen LogP contribution in [0.1, 0.15) is 32.8 Å². The summed E-state index contributed by atoms with van der Waals surface area (Å²) < 4.78 is 25.1. The van der Waals surface area contributed by atoms with Gasteiger partial charge in [-0.3, -0.25) is 0 Å². The van der Waals surface area contributed by atoms with Crippen LogP contribution in [0.2, 0.25) is 0 Å². The van der Waals surface area contributed by atoms with Gasteiger partial charge in [-0.1, -0.05) is 50.5 Å². The summed E-state index contributed by atoms with van der Waals surface area (Å²) in [4.78, 5) is 0.571. The second kappa shape index (κ2) is 5.68. The van der Waals surface area contributed by atoms with Crippen molar-refractivity contribution >= 4 is 23.1 Å². The molecule has 0 aliphatic carbocycles. The Bertz CT molecular complexity index is 714. The van der Waals surface area contributed by atoms with E-state index in [1.807, 2.05) is 12.1 Å². The molecule has 0 fully saturated rings. The standard InChI is InChI=1S/C17H19BO2S/c1-4-17(2,3)13-5-9-15(10-6-13)21(19,20)16-11-7-14(18)8-12-16/h5-12H,4H2,1-3H3. The van der Waals surface area contributed by atoms with Crippen LogP contribution >= 0.6 is 0 Å². The van der Waals surface area contributed by atoms with E-state index in [2.05, 4.69) is 20.8 Å². The van der Waals surface area contributed by atoms with E-state index < -0.39 is 9.84 Å². The lowest BCUT2D eigenvalue weighted by atomic mass is 9.82. The lowest BCUT2D eigenvalue weighted by Gasteiger charge is -2.23. The van der Waals surface area contributed by atoms with Crippen LogP contribution in [0.3, 0.4) is 0 Å². The van der Waals surface area contributed by atoms with Gasteiger partial charge in [-0.05, 0) is 41.7 Å². The van der Waals surface area contributed by atoms with Gasteiger partial charge in [0.25, 0.3) is 0 Å². The van der Waals surface area contributed by atoms with E-state index in [0.29, 0.717) is 10.4 Å². The zero-order valence-corrected chi connectivity index (χ0v) is 13.4. The van der Waals surface area contributed by atoms with Gasteiger partial charge >= 0.3 is 0 Å². The molecule has 0 aliphatic heterocycles. The Labute approximate surface area is 128 Å². The molecule has 0 aliphatic rings. The Hall–Kier alpha value is -1.55. The average molecular weight is 298 g/mol. The lowest BCUT2D eigenvalue weighted by molar-refractivity contribution is 0.506. The molecule has 2 rings (SSSR count). The highest BCUT2D eigenvalue weighted by molar-refractivity contribution is 7.91. The van der Waals surface area contributed by atoms with Crippen LogP contribution in [-0.4, -0.2) is 16.3 Å². The zero-order chi connectivity index (χ0) is 15.7. The van der Waals surface area contributed by atoms with Crippen molar-refractivity contribution in [3.63, 3.8) is 0 Å². The Morgan fingerprint density at radius 1 is 0.905 bits per heavy atom. The van der Waals surface area contributed by atoms with Gasteiger partial charge in [0.1, 0.15) is 7.85 Å². The largest absolute Gasteiger partial charge is 0.219 e. The first-order valence-electron chi connectivity index (χ1n) is 6.98. The van der Waals surface area contributed by atoms with Crippen LogP contribution in [0.15, 0.2) is 58.3 Å². The third kappa shape index (κ3) is 3.21. The molecule has 0 saturated carbocycles. The van der Waals surface area contributed by atoms with Gasteiger partial charge in [-0.2, -0.15) is 0 Å². The molecule has 0 N–H and O–H groups in total. The molecule has 21 heavy (non-hydrogen) atoms. The van der Waals surface area contributed by atoms with Crippen molar-refractivity contribution in [2.45, 2.75) is 42.4 Å².